The van der Waals surface area contributed by atoms with E-state index in [0.29, 0.717) is 24.3 Å². The maximum Gasteiger partial charge on any atom is 0.261 e. The molecule has 0 atom stereocenters. The Labute approximate surface area is 128 Å². The zero-order chi connectivity index (χ0) is 15.5. The number of nitrogens with one attached hydrogen (secondary N) is 1. The summed E-state index contributed by atoms with van der Waals surface area (Å²) in [7, 11) is 0. The second-order valence-corrected chi connectivity index (χ2v) is 5.51. The standard InChI is InChI=1S/C16H18N2O4/c19-14(17-11-6-9-22-10-7-11)5-8-18-15(20)12-3-1-2-4-13(12)16(18)21/h1-4,11H,5-10H2,(H,17,19). The van der Waals surface area contributed by atoms with Crippen molar-refractivity contribution in [1.29, 1.82) is 0 Å². The molecule has 116 valence electrons. The van der Waals surface area contributed by atoms with Crippen LogP contribution in [0, 0.1) is 0 Å². The molecule has 1 aromatic carbocycles. The Balaban J connectivity index is 1.55. The molecule has 2 heterocycles. The molecular weight excluding hydrogens is 284 g/mol. The van der Waals surface area contributed by atoms with Crippen molar-refractivity contribution >= 4 is 17.7 Å². The number of imide groups is 1. The molecule has 0 spiro atoms. The maximum absolute atomic E-state index is 12.2. The normalized spacial score (nSPS) is 18.5. The van der Waals surface area contributed by atoms with Crippen molar-refractivity contribution in [3.05, 3.63) is 35.4 Å². The highest BCUT2D eigenvalue weighted by molar-refractivity contribution is 6.21. The SMILES string of the molecule is O=C(CCN1C(=O)c2ccccc2C1=O)NC1CCOCC1. The molecule has 0 radical (unpaired) electrons. The molecule has 1 saturated heterocycles. The Morgan fingerprint density at radius 1 is 1.14 bits per heavy atom. The lowest BCUT2D eigenvalue weighted by Crippen LogP contribution is -2.41. The third-order valence-corrected chi connectivity index (χ3v) is 4.03. The van der Waals surface area contributed by atoms with E-state index in [1.54, 1.807) is 24.3 Å². The van der Waals surface area contributed by atoms with Gasteiger partial charge in [-0.15, -0.1) is 0 Å². The lowest BCUT2D eigenvalue weighted by atomic mass is 10.1. The lowest BCUT2D eigenvalue weighted by molar-refractivity contribution is -0.122. The van der Waals surface area contributed by atoms with Crippen LogP contribution in [0.15, 0.2) is 24.3 Å². The fraction of sp³-hybridized carbons (Fsp3) is 0.438. The molecule has 3 amide bonds. The fourth-order valence-electron chi connectivity index (χ4n) is 2.80. The first kappa shape index (κ1) is 14.7. The van der Waals surface area contributed by atoms with E-state index in [-0.39, 0.29) is 36.7 Å². The summed E-state index contributed by atoms with van der Waals surface area (Å²) in [4.78, 5) is 37.4. The number of carbonyl (C=O) groups excluding carboxylic acids is 3. The number of fused-ring (bicyclic) bond motifs is 1. The Morgan fingerprint density at radius 2 is 1.73 bits per heavy atom. The summed E-state index contributed by atoms with van der Waals surface area (Å²) in [5.74, 6) is -0.776. The summed E-state index contributed by atoms with van der Waals surface area (Å²) in [6.45, 7) is 1.42. The van der Waals surface area contributed by atoms with E-state index >= 15 is 0 Å². The van der Waals surface area contributed by atoms with Crippen LogP contribution in [0.1, 0.15) is 40.0 Å². The molecule has 1 N–H and O–H groups in total. The Hall–Kier alpha value is -2.21. The highest BCUT2D eigenvalue weighted by Crippen LogP contribution is 2.22. The van der Waals surface area contributed by atoms with Gasteiger partial charge < -0.3 is 10.1 Å². The first-order valence-electron chi connectivity index (χ1n) is 7.49. The first-order chi connectivity index (χ1) is 10.7. The van der Waals surface area contributed by atoms with E-state index in [1.165, 1.54) is 0 Å². The van der Waals surface area contributed by atoms with Gasteiger partial charge in [-0.25, -0.2) is 0 Å². The van der Waals surface area contributed by atoms with Crippen molar-refractivity contribution in [2.24, 2.45) is 0 Å². The number of ether oxygens (including phenoxy) is 1. The van der Waals surface area contributed by atoms with Crippen LogP contribution >= 0.6 is 0 Å². The van der Waals surface area contributed by atoms with E-state index < -0.39 is 0 Å². The summed E-state index contributed by atoms with van der Waals surface area (Å²) in [5.41, 5.74) is 0.828. The van der Waals surface area contributed by atoms with Crippen molar-refractivity contribution < 1.29 is 19.1 Å². The van der Waals surface area contributed by atoms with Crippen LogP contribution in [0.3, 0.4) is 0 Å². The predicted molar refractivity (Wildman–Crippen MR) is 78.4 cm³/mol. The molecule has 1 aromatic rings. The van der Waals surface area contributed by atoms with Gasteiger partial charge in [0.15, 0.2) is 0 Å². The molecule has 0 aliphatic carbocycles. The average molecular weight is 302 g/mol. The zero-order valence-corrected chi connectivity index (χ0v) is 12.2. The molecule has 6 nitrogen and oxygen atoms in total. The average Bonchev–Trinajstić information content (AvgIpc) is 2.78. The summed E-state index contributed by atoms with van der Waals surface area (Å²) in [6.07, 6.45) is 1.74. The highest BCUT2D eigenvalue weighted by atomic mass is 16.5. The van der Waals surface area contributed by atoms with Gasteiger partial charge in [0, 0.05) is 32.2 Å². The molecule has 22 heavy (non-hydrogen) atoms. The molecule has 6 heteroatoms. The minimum atomic E-state index is -0.320. The van der Waals surface area contributed by atoms with Crippen LogP contribution in [0.5, 0.6) is 0 Å². The maximum atomic E-state index is 12.2. The van der Waals surface area contributed by atoms with E-state index in [9.17, 15) is 14.4 Å². The third kappa shape index (κ3) is 2.87. The first-order valence-corrected chi connectivity index (χ1v) is 7.49. The summed E-state index contributed by atoms with van der Waals surface area (Å²) in [6, 6.07) is 6.86. The fourth-order valence-corrected chi connectivity index (χ4v) is 2.80. The number of hydrogen-bond donors (Lipinski definition) is 1. The highest BCUT2D eigenvalue weighted by Gasteiger charge is 2.35. The van der Waals surface area contributed by atoms with Crippen LogP contribution in [0.2, 0.25) is 0 Å². The van der Waals surface area contributed by atoms with Gasteiger partial charge in [-0.1, -0.05) is 12.1 Å². The largest absolute Gasteiger partial charge is 0.381 e. The van der Waals surface area contributed by atoms with Crippen LogP contribution in [-0.2, 0) is 9.53 Å². The van der Waals surface area contributed by atoms with Gasteiger partial charge in [-0.3, -0.25) is 19.3 Å². The molecule has 0 aromatic heterocycles. The van der Waals surface area contributed by atoms with Gasteiger partial charge in [0.05, 0.1) is 11.1 Å². The second-order valence-electron chi connectivity index (χ2n) is 5.51. The van der Waals surface area contributed by atoms with Gasteiger partial charge in [-0.05, 0) is 25.0 Å². The minimum Gasteiger partial charge on any atom is -0.381 e. The quantitative estimate of drug-likeness (QED) is 0.841. The molecule has 1 fully saturated rings. The predicted octanol–water partition coefficient (Wildman–Crippen LogP) is 0.968. The second kappa shape index (κ2) is 6.27. The Morgan fingerprint density at radius 3 is 2.32 bits per heavy atom. The summed E-state index contributed by atoms with van der Waals surface area (Å²) >= 11 is 0. The number of carbonyl (C=O) groups is 3. The van der Waals surface area contributed by atoms with Crippen LogP contribution in [0.25, 0.3) is 0 Å². The topological polar surface area (TPSA) is 75.7 Å². The number of nitrogens with zero attached hydrogens (tertiary/aromatic N) is 1. The van der Waals surface area contributed by atoms with E-state index in [0.717, 1.165) is 17.7 Å². The van der Waals surface area contributed by atoms with Gasteiger partial charge >= 0.3 is 0 Å². The monoisotopic (exact) mass is 302 g/mol. The molecule has 0 unspecified atom stereocenters. The number of hydrogen-bond acceptors (Lipinski definition) is 4. The molecular formula is C16H18N2O4. The smallest absolute Gasteiger partial charge is 0.261 e. The van der Waals surface area contributed by atoms with Gasteiger partial charge in [-0.2, -0.15) is 0 Å². The van der Waals surface area contributed by atoms with Gasteiger partial charge in [0.25, 0.3) is 11.8 Å². The lowest BCUT2D eigenvalue weighted by Gasteiger charge is -2.23. The van der Waals surface area contributed by atoms with Crippen LogP contribution < -0.4 is 5.32 Å². The van der Waals surface area contributed by atoms with E-state index in [4.69, 9.17) is 4.74 Å². The zero-order valence-electron chi connectivity index (χ0n) is 12.2. The van der Waals surface area contributed by atoms with Gasteiger partial charge in [0.2, 0.25) is 5.91 Å². The van der Waals surface area contributed by atoms with Crippen molar-refractivity contribution in [3.8, 4) is 0 Å². The van der Waals surface area contributed by atoms with Crippen molar-refractivity contribution in [2.45, 2.75) is 25.3 Å². The Kier molecular flexibility index (Phi) is 4.20. The molecule has 0 bridgehead atoms. The van der Waals surface area contributed by atoms with E-state index in [1.807, 2.05) is 0 Å². The van der Waals surface area contributed by atoms with E-state index in [2.05, 4.69) is 5.32 Å². The van der Waals surface area contributed by atoms with Crippen molar-refractivity contribution in [1.82, 2.24) is 10.2 Å². The summed E-state index contributed by atoms with van der Waals surface area (Å²) in [5, 5.41) is 2.93. The van der Waals surface area contributed by atoms with Crippen molar-refractivity contribution in [3.63, 3.8) is 0 Å². The molecule has 2 aliphatic heterocycles. The van der Waals surface area contributed by atoms with Crippen LogP contribution in [0.4, 0.5) is 0 Å². The molecule has 3 rings (SSSR count). The molecule has 2 aliphatic rings. The Bertz CT molecular complexity index is 573. The number of amides is 3. The van der Waals surface area contributed by atoms with Crippen LogP contribution in [-0.4, -0.2) is 48.4 Å². The van der Waals surface area contributed by atoms with Crippen molar-refractivity contribution in [2.75, 3.05) is 19.8 Å². The number of benzene rings is 1. The minimum absolute atomic E-state index is 0.113. The molecule has 0 saturated carbocycles. The summed E-state index contributed by atoms with van der Waals surface area (Å²) < 4.78 is 5.24. The van der Waals surface area contributed by atoms with Gasteiger partial charge in [0.1, 0.15) is 0 Å². The number of rotatable bonds is 4. The third-order valence-electron chi connectivity index (χ3n) is 4.03.